The Morgan fingerprint density at radius 3 is 2.83 bits per heavy atom. The van der Waals surface area contributed by atoms with Gasteiger partial charge in [-0.1, -0.05) is 18.2 Å². The number of aliphatic hydroxyl groups excluding tert-OH is 1. The van der Waals surface area contributed by atoms with E-state index in [-0.39, 0.29) is 18.0 Å². The van der Waals surface area contributed by atoms with Gasteiger partial charge in [0, 0.05) is 24.7 Å². The van der Waals surface area contributed by atoms with Crippen LogP contribution in [0.4, 0.5) is 11.8 Å². The number of piperidine rings is 1. The molecule has 1 fully saturated rings. The van der Waals surface area contributed by atoms with E-state index in [1.165, 1.54) is 0 Å². The van der Waals surface area contributed by atoms with Gasteiger partial charge in [-0.2, -0.15) is 4.98 Å². The highest BCUT2D eigenvalue weighted by Crippen LogP contribution is 2.35. The van der Waals surface area contributed by atoms with Crippen molar-refractivity contribution in [3.63, 3.8) is 0 Å². The molecule has 3 N–H and O–H groups in total. The van der Waals surface area contributed by atoms with Crippen LogP contribution in [0.1, 0.15) is 19.3 Å². The Kier molecular flexibility index (Phi) is 5.15. The molecule has 1 atom stereocenters. The normalized spacial score (nSPS) is 20.8. The maximum Gasteiger partial charge on any atom is 0.221 e. The minimum Gasteiger partial charge on any atom is -0.494 e. The Labute approximate surface area is 142 Å². The number of para-hydroxylation sites is 1. The zero-order chi connectivity index (χ0) is 16.8. The minimum absolute atomic E-state index is 0.141. The summed E-state index contributed by atoms with van der Waals surface area (Å²) in [4.78, 5) is 10.4. The molecule has 128 valence electrons. The molecule has 0 saturated carbocycles. The van der Waals surface area contributed by atoms with Gasteiger partial charge in [-0.3, -0.25) is 0 Å². The van der Waals surface area contributed by atoms with Gasteiger partial charge >= 0.3 is 0 Å². The molecule has 0 amide bonds. The lowest BCUT2D eigenvalue weighted by Crippen LogP contribution is -2.46. The third-order valence-corrected chi connectivity index (χ3v) is 4.62. The molecule has 3 rings (SSSR count). The standard InChI is InChI=1S/C18H24N4O2/c19-17-20-10-7-16(21-17)22-11-4-8-18(13-22,14-23)9-12-24-15-5-2-1-3-6-15/h1-3,5-7,10,23H,4,8-9,11-14H2,(H2,19,20,21)/t18-/m1/s1. The van der Waals surface area contributed by atoms with Crippen molar-refractivity contribution in [3.8, 4) is 5.75 Å². The second kappa shape index (κ2) is 7.49. The fraction of sp³-hybridized carbons (Fsp3) is 0.444. The number of aromatic nitrogens is 2. The summed E-state index contributed by atoms with van der Waals surface area (Å²) in [6, 6.07) is 11.6. The van der Waals surface area contributed by atoms with Gasteiger partial charge in [0.1, 0.15) is 11.6 Å². The topological polar surface area (TPSA) is 84.5 Å². The van der Waals surface area contributed by atoms with Gasteiger partial charge in [-0.25, -0.2) is 4.98 Å². The van der Waals surface area contributed by atoms with Crippen molar-refractivity contribution in [2.45, 2.75) is 19.3 Å². The molecule has 6 heteroatoms. The molecular formula is C18H24N4O2. The number of nitrogens with zero attached hydrogens (tertiary/aromatic N) is 3. The molecule has 1 aromatic heterocycles. The molecule has 0 unspecified atom stereocenters. The van der Waals surface area contributed by atoms with E-state index in [4.69, 9.17) is 10.5 Å². The van der Waals surface area contributed by atoms with E-state index in [0.29, 0.717) is 6.61 Å². The molecule has 0 aliphatic carbocycles. The van der Waals surface area contributed by atoms with Crippen molar-refractivity contribution in [3.05, 3.63) is 42.6 Å². The van der Waals surface area contributed by atoms with Crippen molar-refractivity contribution in [1.29, 1.82) is 0 Å². The summed E-state index contributed by atoms with van der Waals surface area (Å²) in [6.07, 6.45) is 4.47. The van der Waals surface area contributed by atoms with Crippen molar-refractivity contribution < 1.29 is 9.84 Å². The zero-order valence-electron chi connectivity index (χ0n) is 13.8. The number of anilines is 2. The van der Waals surface area contributed by atoms with Crippen LogP contribution >= 0.6 is 0 Å². The predicted octanol–water partition coefficient (Wildman–Crippen LogP) is 2.11. The lowest BCUT2D eigenvalue weighted by atomic mass is 9.78. The first-order chi connectivity index (χ1) is 11.7. The molecule has 2 heterocycles. The Balaban J connectivity index is 1.63. The number of nitrogen functional groups attached to an aromatic ring is 1. The number of benzene rings is 1. The number of nitrogens with two attached hydrogens (primary N) is 1. The lowest BCUT2D eigenvalue weighted by molar-refractivity contribution is 0.0792. The highest BCUT2D eigenvalue weighted by molar-refractivity contribution is 5.41. The van der Waals surface area contributed by atoms with Crippen molar-refractivity contribution in [2.24, 2.45) is 5.41 Å². The van der Waals surface area contributed by atoms with Gasteiger partial charge in [0.05, 0.1) is 13.2 Å². The van der Waals surface area contributed by atoms with E-state index >= 15 is 0 Å². The molecular weight excluding hydrogens is 304 g/mol. The Morgan fingerprint density at radius 2 is 2.08 bits per heavy atom. The van der Waals surface area contributed by atoms with E-state index in [0.717, 1.165) is 43.9 Å². The van der Waals surface area contributed by atoms with Crippen LogP contribution in [0.2, 0.25) is 0 Å². The maximum absolute atomic E-state index is 10.0. The average molecular weight is 328 g/mol. The van der Waals surface area contributed by atoms with Gasteiger partial charge in [-0.15, -0.1) is 0 Å². The Morgan fingerprint density at radius 1 is 1.25 bits per heavy atom. The minimum atomic E-state index is -0.174. The SMILES string of the molecule is Nc1nccc(N2CCC[C@@](CO)(CCOc3ccccc3)C2)n1. The third-order valence-electron chi connectivity index (χ3n) is 4.62. The van der Waals surface area contributed by atoms with Crippen molar-refractivity contribution in [1.82, 2.24) is 9.97 Å². The van der Waals surface area contributed by atoms with Crippen LogP contribution in [0.25, 0.3) is 0 Å². The van der Waals surface area contributed by atoms with Gasteiger partial charge in [0.15, 0.2) is 0 Å². The fourth-order valence-corrected chi connectivity index (χ4v) is 3.26. The van der Waals surface area contributed by atoms with Crippen LogP contribution in [-0.2, 0) is 0 Å². The van der Waals surface area contributed by atoms with E-state index in [9.17, 15) is 5.11 Å². The molecule has 1 aliphatic heterocycles. The number of ether oxygens (including phenoxy) is 1. The van der Waals surface area contributed by atoms with Crippen LogP contribution < -0.4 is 15.4 Å². The molecule has 1 aromatic carbocycles. The summed E-state index contributed by atoms with van der Waals surface area (Å²) in [6.45, 7) is 2.39. The molecule has 6 nitrogen and oxygen atoms in total. The first-order valence-electron chi connectivity index (χ1n) is 8.33. The van der Waals surface area contributed by atoms with Crippen LogP contribution in [0.5, 0.6) is 5.75 Å². The first-order valence-corrected chi connectivity index (χ1v) is 8.33. The highest BCUT2D eigenvalue weighted by atomic mass is 16.5. The summed E-state index contributed by atoms with van der Waals surface area (Å²) in [5.41, 5.74) is 5.52. The highest BCUT2D eigenvalue weighted by Gasteiger charge is 2.35. The summed E-state index contributed by atoms with van der Waals surface area (Å²) >= 11 is 0. The van der Waals surface area contributed by atoms with E-state index in [2.05, 4.69) is 14.9 Å². The molecule has 1 aliphatic rings. The lowest BCUT2D eigenvalue weighted by Gasteiger charge is -2.42. The van der Waals surface area contributed by atoms with Crippen LogP contribution in [-0.4, -0.2) is 41.4 Å². The molecule has 0 radical (unpaired) electrons. The number of aliphatic hydroxyl groups is 1. The van der Waals surface area contributed by atoms with E-state index < -0.39 is 0 Å². The monoisotopic (exact) mass is 328 g/mol. The van der Waals surface area contributed by atoms with E-state index in [1.54, 1.807) is 6.20 Å². The number of rotatable bonds is 6. The second-order valence-electron chi connectivity index (χ2n) is 6.37. The summed E-state index contributed by atoms with van der Waals surface area (Å²) < 4.78 is 5.82. The van der Waals surface area contributed by atoms with Crippen LogP contribution in [0.3, 0.4) is 0 Å². The molecule has 24 heavy (non-hydrogen) atoms. The van der Waals surface area contributed by atoms with Crippen molar-refractivity contribution in [2.75, 3.05) is 36.9 Å². The van der Waals surface area contributed by atoms with E-state index in [1.807, 2.05) is 36.4 Å². The molecule has 0 spiro atoms. The van der Waals surface area contributed by atoms with Crippen LogP contribution in [0, 0.1) is 5.41 Å². The largest absolute Gasteiger partial charge is 0.494 e. The van der Waals surface area contributed by atoms with Crippen LogP contribution in [0.15, 0.2) is 42.6 Å². The second-order valence-corrected chi connectivity index (χ2v) is 6.37. The predicted molar refractivity (Wildman–Crippen MR) is 94.0 cm³/mol. The Bertz CT molecular complexity index is 652. The third kappa shape index (κ3) is 3.94. The summed E-state index contributed by atoms with van der Waals surface area (Å²) in [7, 11) is 0. The quantitative estimate of drug-likeness (QED) is 0.845. The van der Waals surface area contributed by atoms with Gasteiger partial charge < -0.3 is 20.5 Å². The van der Waals surface area contributed by atoms with Gasteiger partial charge in [0.25, 0.3) is 0 Å². The van der Waals surface area contributed by atoms with Crippen molar-refractivity contribution >= 4 is 11.8 Å². The smallest absolute Gasteiger partial charge is 0.221 e. The first kappa shape index (κ1) is 16.5. The molecule has 2 aromatic rings. The number of hydrogen-bond donors (Lipinski definition) is 2. The summed E-state index contributed by atoms with van der Waals surface area (Å²) in [5, 5.41) is 10.0. The molecule has 1 saturated heterocycles. The molecule has 0 bridgehead atoms. The zero-order valence-corrected chi connectivity index (χ0v) is 13.8. The Hall–Kier alpha value is -2.34. The van der Waals surface area contributed by atoms with Gasteiger partial charge in [-0.05, 0) is 37.5 Å². The fourth-order valence-electron chi connectivity index (χ4n) is 3.26. The number of hydrogen-bond acceptors (Lipinski definition) is 6. The van der Waals surface area contributed by atoms with Gasteiger partial charge in [0.2, 0.25) is 5.95 Å². The summed E-state index contributed by atoms with van der Waals surface area (Å²) in [5.74, 6) is 1.96. The average Bonchev–Trinajstić information content (AvgIpc) is 2.63. The maximum atomic E-state index is 10.0.